The molecule has 0 bridgehead atoms. The summed E-state index contributed by atoms with van der Waals surface area (Å²) in [5.74, 6) is -2.14. The summed E-state index contributed by atoms with van der Waals surface area (Å²) in [5, 5.41) is 21.9. The van der Waals surface area contributed by atoms with Crippen molar-refractivity contribution in [2.24, 2.45) is 0 Å². The molecule has 0 unspecified atom stereocenters. The molecular weight excluding hydrogens is 252 g/mol. The van der Waals surface area contributed by atoms with E-state index < -0.39 is 11.6 Å². The van der Waals surface area contributed by atoms with Gasteiger partial charge >= 0.3 is 0 Å². The minimum atomic E-state index is -0.889. The Balaban J connectivity index is 1.96. The first-order valence-electron chi connectivity index (χ1n) is 5.72. The average Bonchev–Trinajstić information content (AvgIpc) is 2.39. The van der Waals surface area contributed by atoms with Crippen molar-refractivity contribution < 1.29 is 19.0 Å². The summed E-state index contributed by atoms with van der Waals surface area (Å²) in [6.07, 6.45) is 0. The second kappa shape index (κ2) is 5.67. The van der Waals surface area contributed by atoms with Gasteiger partial charge in [0.25, 0.3) is 0 Å². The summed E-state index contributed by atoms with van der Waals surface area (Å²) in [4.78, 5) is 0. The third-order valence-corrected chi connectivity index (χ3v) is 2.73. The molecule has 0 radical (unpaired) electrons. The van der Waals surface area contributed by atoms with Crippen molar-refractivity contribution in [3.8, 4) is 11.5 Å². The first-order chi connectivity index (χ1) is 9.08. The Morgan fingerprint density at radius 3 is 2.47 bits per heavy atom. The topological polar surface area (TPSA) is 52.5 Å². The van der Waals surface area contributed by atoms with Crippen LogP contribution in [0.25, 0.3) is 0 Å². The van der Waals surface area contributed by atoms with E-state index >= 15 is 0 Å². The number of rotatable bonds is 4. The van der Waals surface area contributed by atoms with Crippen molar-refractivity contribution >= 4 is 0 Å². The third-order valence-electron chi connectivity index (χ3n) is 2.73. The SMILES string of the molecule is Oc1cccc(CNCc2ccc(F)c(F)c2)c1O. The number of halogens is 2. The predicted molar refractivity (Wildman–Crippen MR) is 66.7 cm³/mol. The van der Waals surface area contributed by atoms with Gasteiger partial charge in [-0.2, -0.15) is 0 Å². The summed E-state index contributed by atoms with van der Waals surface area (Å²) in [7, 11) is 0. The Morgan fingerprint density at radius 2 is 1.74 bits per heavy atom. The summed E-state index contributed by atoms with van der Waals surface area (Å²) in [5.41, 5.74) is 1.13. The second-order valence-corrected chi connectivity index (χ2v) is 4.14. The van der Waals surface area contributed by atoms with Gasteiger partial charge in [0.2, 0.25) is 0 Å². The predicted octanol–water partition coefficient (Wildman–Crippen LogP) is 2.67. The number of phenols is 2. The lowest BCUT2D eigenvalue weighted by atomic mass is 10.1. The van der Waals surface area contributed by atoms with E-state index in [2.05, 4.69) is 5.32 Å². The van der Waals surface area contributed by atoms with Crippen LogP contribution >= 0.6 is 0 Å². The van der Waals surface area contributed by atoms with Crippen molar-refractivity contribution in [2.75, 3.05) is 0 Å². The first-order valence-corrected chi connectivity index (χ1v) is 5.72. The molecule has 2 aromatic rings. The molecule has 2 rings (SSSR count). The van der Waals surface area contributed by atoms with Crippen molar-refractivity contribution in [3.05, 3.63) is 59.2 Å². The van der Waals surface area contributed by atoms with Gasteiger partial charge in [0, 0.05) is 18.7 Å². The molecule has 0 heterocycles. The molecule has 0 atom stereocenters. The van der Waals surface area contributed by atoms with Gasteiger partial charge in [0.05, 0.1) is 0 Å². The van der Waals surface area contributed by atoms with Gasteiger partial charge in [-0.1, -0.05) is 18.2 Å². The van der Waals surface area contributed by atoms with E-state index in [9.17, 15) is 19.0 Å². The lowest BCUT2D eigenvalue weighted by Crippen LogP contribution is -2.13. The monoisotopic (exact) mass is 265 g/mol. The highest BCUT2D eigenvalue weighted by Crippen LogP contribution is 2.27. The van der Waals surface area contributed by atoms with Crippen LogP contribution in [0.15, 0.2) is 36.4 Å². The van der Waals surface area contributed by atoms with Crippen LogP contribution < -0.4 is 5.32 Å². The van der Waals surface area contributed by atoms with Crippen LogP contribution in [0.5, 0.6) is 11.5 Å². The molecule has 100 valence electrons. The molecule has 5 heteroatoms. The summed E-state index contributed by atoms with van der Waals surface area (Å²) in [6, 6.07) is 8.32. The van der Waals surface area contributed by atoms with E-state index in [0.29, 0.717) is 24.2 Å². The minimum Gasteiger partial charge on any atom is -0.504 e. The summed E-state index contributed by atoms with van der Waals surface area (Å²) >= 11 is 0. The van der Waals surface area contributed by atoms with Crippen molar-refractivity contribution in [1.29, 1.82) is 0 Å². The molecule has 3 N–H and O–H groups in total. The molecule has 0 saturated heterocycles. The number of nitrogens with one attached hydrogen (secondary N) is 1. The van der Waals surface area contributed by atoms with Crippen LogP contribution in [0.2, 0.25) is 0 Å². The second-order valence-electron chi connectivity index (χ2n) is 4.14. The van der Waals surface area contributed by atoms with E-state index in [1.807, 2.05) is 0 Å². The third kappa shape index (κ3) is 3.20. The fourth-order valence-corrected chi connectivity index (χ4v) is 1.71. The Hall–Kier alpha value is -2.14. The van der Waals surface area contributed by atoms with Crippen molar-refractivity contribution in [1.82, 2.24) is 5.32 Å². The Bertz CT molecular complexity index is 588. The van der Waals surface area contributed by atoms with Crippen molar-refractivity contribution in [3.63, 3.8) is 0 Å². The highest BCUT2D eigenvalue weighted by Gasteiger charge is 2.06. The van der Waals surface area contributed by atoms with Crippen LogP contribution in [-0.2, 0) is 13.1 Å². The minimum absolute atomic E-state index is 0.180. The molecule has 0 aliphatic rings. The quantitative estimate of drug-likeness (QED) is 0.745. The molecule has 3 nitrogen and oxygen atoms in total. The van der Waals surface area contributed by atoms with Gasteiger partial charge in [0.1, 0.15) is 0 Å². The number of para-hydroxylation sites is 1. The van der Waals surface area contributed by atoms with Gasteiger partial charge in [-0.05, 0) is 23.8 Å². The van der Waals surface area contributed by atoms with Crippen molar-refractivity contribution in [2.45, 2.75) is 13.1 Å². The molecule has 0 spiro atoms. The van der Waals surface area contributed by atoms with E-state index in [1.165, 1.54) is 12.1 Å². The zero-order valence-corrected chi connectivity index (χ0v) is 10.0. The number of hydrogen-bond donors (Lipinski definition) is 3. The highest BCUT2D eigenvalue weighted by atomic mass is 19.2. The average molecular weight is 265 g/mol. The molecular formula is C14H13F2NO2. The largest absolute Gasteiger partial charge is 0.504 e. The number of benzene rings is 2. The maximum Gasteiger partial charge on any atom is 0.161 e. The zero-order valence-electron chi connectivity index (χ0n) is 10.0. The molecule has 0 amide bonds. The summed E-state index contributed by atoms with van der Waals surface area (Å²) in [6.45, 7) is 0.630. The number of phenolic OH excluding ortho intramolecular Hbond substituents is 2. The first kappa shape index (κ1) is 13.3. The lowest BCUT2D eigenvalue weighted by molar-refractivity contribution is 0.397. The van der Waals surface area contributed by atoms with Crippen LogP contribution in [0, 0.1) is 11.6 Å². The fourth-order valence-electron chi connectivity index (χ4n) is 1.71. The lowest BCUT2D eigenvalue weighted by Gasteiger charge is -2.08. The molecule has 0 aliphatic heterocycles. The highest BCUT2D eigenvalue weighted by molar-refractivity contribution is 5.44. The Morgan fingerprint density at radius 1 is 0.947 bits per heavy atom. The van der Waals surface area contributed by atoms with Gasteiger partial charge in [-0.25, -0.2) is 8.78 Å². The number of hydrogen-bond acceptors (Lipinski definition) is 3. The van der Waals surface area contributed by atoms with Gasteiger partial charge < -0.3 is 15.5 Å². The summed E-state index contributed by atoms with van der Waals surface area (Å²) < 4.78 is 25.7. The Labute approximate surface area is 109 Å². The molecule has 0 aliphatic carbocycles. The zero-order chi connectivity index (χ0) is 13.8. The molecule has 2 aromatic carbocycles. The molecule has 0 fully saturated rings. The van der Waals surface area contributed by atoms with E-state index in [1.54, 1.807) is 12.1 Å². The standard InChI is InChI=1S/C14H13F2NO2/c15-11-5-4-9(6-12(11)16)7-17-8-10-2-1-3-13(18)14(10)19/h1-6,17-19H,7-8H2. The molecule has 0 saturated carbocycles. The maximum absolute atomic E-state index is 13.0. The smallest absolute Gasteiger partial charge is 0.161 e. The van der Waals surface area contributed by atoms with E-state index in [0.717, 1.165) is 12.1 Å². The van der Waals surface area contributed by atoms with Gasteiger partial charge in [-0.15, -0.1) is 0 Å². The van der Waals surface area contributed by atoms with Gasteiger partial charge in [-0.3, -0.25) is 0 Å². The van der Waals surface area contributed by atoms with Crippen LogP contribution in [0.3, 0.4) is 0 Å². The van der Waals surface area contributed by atoms with Crippen LogP contribution in [0.1, 0.15) is 11.1 Å². The van der Waals surface area contributed by atoms with Crippen LogP contribution in [0.4, 0.5) is 8.78 Å². The van der Waals surface area contributed by atoms with Crippen LogP contribution in [-0.4, -0.2) is 10.2 Å². The normalized spacial score (nSPS) is 10.6. The van der Waals surface area contributed by atoms with E-state index in [4.69, 9.17) is 0 Å². The Kier molecular flexibility index (Phi) is 3.97. The number of aromatic hydroxyl groups is 2. The van der Waals surface area contributed by atoms with Gasteiger partial charge in [0.15, 0.2) is 23.1 Å². The molecule has 19 heavy (non-hydrogen) atoms. The fraction of sp³-hybridized carbons (Fsp3) is 0.143. The molecule has 0 aromatic heterocycles. The van der Waals surface area contributed by atoms with E-state index in [-0.39, 0.29) is 11.5 Å². The maximum atomic E-state index is 13.0.